The fourth-order valence-corrected chi connectivity index (χ4v) is 10.0. The Kier molecular flexibility index (Phi) is 24.7. The zero-order valence-electron chi connectivity index (χ0n) is 44.4. The quantitative estimate of drug-likeness (QED) is 0.129. The molecule has 406 valence electrons. The summed E-state index contributed by atoms with van der Waals surface area (Å²) in [5.74, 6) is -2.73. The lowest BCUT2D eigenvalue weighted by Gasteiger charge is -2.30. The van der Waals surface area contributed by atoms with Gasteiger partial charge in [0.1, 0.15) is 23.7 Å². The molecule has 4 rings (SSSR count). The summed E-state index contributed by atoms with van der Waals surface area (Å²) < 4.78 is 10.8. The van der Waals surface area contributed by atoms with Crippen LogP contribution in [-0.4, -0.2) is 97.4 Å². The second kappa shape index (κ2) is 29.2. The number of rotatable bonds is 4. The lowest BCUT2D eigenvalue weighted by molar-refractivity contribution is -0.113. The predicted molar refractivity (Wildman–Crippen MR) is 282 cm³/mol. The maximum atomic E-state index is 12.7. The summed E-state index contributed by atoms with van der Waals surface area (Å²) >= 11 is 0. The second-order valence-electron chi connectivity index (χ2n) is 20.8. The van der Waals surface area contributed by atoms with Gasteiger partial charge in [0.15, 0.2) is 0 Å². The van der Waals surface area contributed by atoms with Crippen molar-refractivity contribution in [3.63, 3.8) is 0 Å². The monoisotopic (exact) mass is 1020 g/mol. The van der Waals surface area contributed by atoms with Gasteiger partial charge in [-0.2, -0.15) is 0 Å². The third kappa shape index (κ3) is 19.6. The number of aromatic hydroxyl groups is 2. The minimum atomic E-state index is -1.01. The Balaban J connectivity index is 0.000000385. The molecule has 2 aromatic rings. The molecule has 0 aliphatic carbocycles. The number of ether oxygens (including phenoxy) is 2. The lowest BCUT2D eigenvalue weighted by Crippen LogP contribution is -2.33. The van der Waals surface area contributed by atoms with Gasteiger partial charge < -0.3 is 67.3 Å². The van der Waals surface area contributed by atoms with E-state index in [9.17, 15) is 54.9 Å². The normalized spacial score (nSPS) is 32.7. The fourth-order valence-electron chi connectivity index (χ4n) is 10.0. The third-order valence-electron chi connectivity index (χ3n) is 14.1. The number of allylic oxidation sites excluding steroid dienone is 2. The van der Waals surface area contributed by atoms with Crippen molar-refractivity contribution in [2.75, 3.05) is 23.8 Å². The van der Waals surface area contributed by atoms with Gasteiger partial charge >= 0.3 is 12.2 Å². The highest BCUT2D eigenvalue weighted by Crippen LogP contribution is 2.35. The molecule has 73 heavy (non-hydrogen) atoms. The number of phenolic OH excluding ortho intramolecular Hbond substituents is 2. The van der Waals surface area contributed by atoms with Crippen LogP contribution in [0.25, 0.3) is 0 Å². The largest absolute Gasteiger partial charge is 0.508 e. The van der Waals surface area contributed by atoms with E-state index in [0.717, 1.165) is 16.7 Å². The van der Waals surface area contributed by atoms with E-state index in [4.69, 9.17) is 20.9 Å². The smallest absolute Gasteiger partial charge is 0.405 e. The topological polar surface area (TPSA) is 304 Å². The zero-order valence-corrected chi connectivity index (χ0v) is 44.4. The SMILES string of the molecule is C/C1=C\CC[C@H](C)[C@@H](OC(N)=O)/C(C)=C/[C@H](C)[C@@H](O)[C@@H](CO)C[C@H](C)Cc2cc(O)cc(c2)NC1=O.C/C1=C\CC[C@H](C)[C@@H](OC(N)=O)/C(C)=C/[C@H](C)[C@@H](O)[C@@H](CO)C[C@H](C)[C@@H](O)c2cc(O)cc(c2)NC1=O. The Morgan fingerprint density at radius 2 is 1.04 bits per heavy atom. The van der Waals surface area contributed by atoms with Gasteiger partial charge in [0.25, 0.3) is 11.8 Å². The maximum absolute atomic E-state index is 12.7. The molecular formula is C56H84N4O13. The molecule has 17 nitrogen and oxygen atoms in total. The molecule has 2 aliphatic rings. The number of anilines is 2. The summed E-state index contributed by atoms with van der Waals surface area (Å²) in [4.78, 5) is 48.7. The van der Waals surface area contributed by atoms with Crippen molar-refractivity contribution >= 4 is 35.4 Å². The van der Waals surface area contributed by atoms with Crippen LogP contribution in [0.2, 0.25) is 0 Å². The van der Waals surface area contributed by atoms with Crippen LogP contribution in [0, 0.1) is 47.3 Å². The van der Waals surface area contributed by atoms with Crippen LogP contribution in [0.5, 0.6) is 11.5 Å². The lowest BCUT2D eigenvalue weighted by atomic mass is 9.81. The number of carbonyl (C=O) groups is 4. The first-order valence-corrected chi connectivity index (χ1v) is 25.4. The summed E-state index contributed by atoms with van der Waals surface area (Å²) in [6.07, 6.45) is 5.46. The Hall–Kier alpha value is -5.72. The van der Waals surface area contributed by atoms with Gasteiger partial charge in [0, 0.05) is 71.5 Å². The first kappa shape index (κ1) is 61.6. The molecule has 4 bridgehead atoms. The Bertz CT molecular complexity index is 2290. The van der Waals surface area contributed by atoms with Crippen molar-refractivity contribution in [2.24, 2.45) is 58.8 Å². The Morgan fingerprint density at radius 1 is 0.616 bits per heavy atom. The second-order valence-corrected chi connectivity index (χ2v) is 20.8. The van der Waals surface area contributed by atoms with E-state index in [2.05, 4.69) is 10.6 Å². The number of hydrogen-bond acceptors (Lipinski definition) is 13. The van der Waals surface area contributed by atoms with Gasteiger partial charge in [-0.05, 0) is 143 Å². The van der Waals surface area contributed by atoms with Gasteiger partial charge in [-0.25, -0.2) is 9.59 Å². The van der Waals surface area contributed by atoms with Crippen LogP contribution in [0.15, 0.2) is 83.0 Å². The van der Waals surface area contributed by atoms with E-state index < -0.39 is 48.6 Å². The molecule has 0 radical (unpaired) electrons. The van der Waals surface area contributed by atoms with E-state index in [1.165, 1.54) is 18.2 Å². The van der Waals surface area contributed by atoms with Gasteiger partial charge in [0.2, 0.25) is 0 Å². The molecular weight excluding hydrogens is 937 g/mol. The molecule has 13 atom stereocenters. The highest BCUT2D eigenvalue weighted by molar-refractivity contribution is 6.04. The van der Waals surface area contributed by atoms with Gasteiger partial charge in [-0.1, -0.05) is 65.8 Å². The van der Waals surface area contributed by atoms with Crippen LogP contribution >= 0.6 is 0 Å². The number of fused-ring (bicyclic) bond motifs is 4. The molecule has 17 heteroatoms. The Labute approximate surface area is 431 Å². The summed E-state index contributed by atoms with van der Waals surface area (Å²) in [6, 6.07) is 9.44. The minimum Gasteiger partial charge on any atom is -0.508 e. The van der Waals surface area contributed by atoms with Crippen molar-refractivity contribution < 1.29 is 64.4 Å². The number of aliphatic hydroxyl groups is 5. The maximum Gasteiger partial charge on any atom is 0.405 e. The van der Waals surface area contributed by atoms with E-state index in [1.807, 2.05) is 72.8 Å². The van der Waals surface area contributed by atoms with Crippen molar-refractivity contribution in [3.05, 3.63) is 94.1 Å². The number of amides is 4. The summed E-state index contributed by atoms with van der Waals surface area (Å²) in [5, 5.41) is 79.2. The molecule has 0 unspecified atom stereocenters. The molecule has 2 aromatic carbocycles. The standard InChI is InChI=1S/C28H42N2O7.C28H42N2O6/c1-15-7-6-8-16(2)27(35)30-22-11-20(12-23(32)13-22)24(33)18(4)10-21(14-31)25(34)17(3)9-19(5)26(15)37-28(29)36;1-16-9-21-12-23(14-24(32)13-21)30-27(34)18(3)8-6-7-17(2)26(36-28(29)35)20(5)11-19(4)25(33)22(10-16)15-31/h8-9,11-13,15,17-18,21,24-26,31-34H,6-7,10,14H2,1-5H3,(H2,29,36)(H,30,35);8,11-14,16-17,19,22,25-26,31-33H,6-7,9-10,15H2,1-5H3,(H2,29,35)(H,30,34)/b16-8+,19-9+;18-8+,20-11+/t15-,17-,18-,21+,24+,25+,26+;16-,17+,19+,22-,25-,26-/m01/s1. The number of aliphatic hydroxyl groups excluding tert-OH is 5. The highest BCUT2D eigenvalue weighted by Gasteiger charge is 2.31. The average Bonchev–Trinajstić information content (AvgIpc) is 3.31. The van der Waals surface area contributed by atoms with Crippen molar-refractivity contribution in [1.82, 2.24) is 0 Å². The molecule has 13 N–H and O–H groups in total. The van der Waals surface area contributed by atoms with Gasteiger partial charge in [0.05, 0.1) is 18.3 Å². The molecule has 0 saturated heterocycles. The predicted octanol–water partition coefficient (Wildman–Crippen LogP) is 8.07. The van der Waals surface area contributed by atoms with E-state index in [1.54, 1.807) is 39.0 Å². The van der Waals surface area contributed by atoms with Crippen molar-refractivity contribution in [3.8, 4) is 11.5 Å². The van der Waals surface area contributed by atoms with Crippen molar-refractivity contribution in [1.29, 1.82) is 0 Å². The van der Waals surface area contributed by atoms with Gasteiger partial charge in [-0.3, -0.25) is 9.59 Å². The van der Waals surface area contributed by atoms with Crippen LogP contribution in [-0.2, 0) is 25.5 Å². The van der Waals surface area contributed by atoms with E-state index in [0.29, 0.717) is 73.0 Å². The molecule has 0 fully saturated rings. The number of benzene rings is 2. The first-order chi connectivity index (χ1) is 34.2. The average molecular weight is 1020 g/mol. The summed E-state index contributed by atoms with van der Waals surface area (Å²) in [6.45, 7) is 18.0. The molecule has 0 saturated carbocycles. The fraction of sp³-hybridized carbons (Fsp3) is 0.571. The Morgan fingerprint density at radius 3 is 1.48 bits per heavy atom. The summed E-state index contributed by atoms with van der Waals surface area (Å²) in [5.41, 5.74) is 15.3. The number of phenols is 2. The van der Waals surface area contributed by atoms with Crippen LogP contribution in [0.1, 0.15) is 125 Å². The van der Waals surface area contributed by atoms with Crippen molar-refractivity contribution in [2.45, 2.75) is 145 Å². The zero-order chi connectivity index (χ0) is 54.9. The van der Waals surface area contributed by atoms with E-state index >= 15 is 0 Å². The number of hydrogen-bond donors (Lipinski definition) is 11. The third-order valence-corrected chi connectivity index (χ3v) is 14.1. The molecule has 2 heterocycles. The highest BCUT2D eigenvalue weighted by atomic mass is 16.6. The van der Waals surface area contributed by atoms with Crippen LogP contribution < -0.4 is 22.1 Å². The molecule has 0 aromatic heterocycles. The van der Waals surface area contributed by atoms with Crippen LogP contribution in [0.3, 0.4) is 0 Å². The van der Waals surface area contributed by atoms with E-state index in [-0.39, 0.29) is 78.0 Å². The molecule has 0 spiro atoms. The number of carbonyl (C=O) groups excluding carboxylic acids is 4. The number of nitrogens with one attached hydrogen (secondary N) is 2. The number of nitrogens with two attached hydrogens (primary N) is 2. The molecule has 4 amide bonds. The molecule has 2 aliphatic heterocycles. The first-order valence-electron chi connectivity index (χ1n) is 25.4. The van der Waals surface area contributed by atoms with Gasteiger partial charge in [-0.15, -0.1) is 0 Å². The minimum absolute atomic E-state index is 0.0600. The number of primary amides is 2. The van der Waals surface area contributed by atoms with Crippen LogP contribution in [0.4, 0.5) is 21.0 Å². The summed E-state index contributed by atoms with van der Waals surface area (Å²) in [7, 11) is 0.